The molecule has 0 spiro atoms. The Morgan fingerprint density at radius 2 is 1.94 bits per heavy atom. The number of aromatic nitrogens is 1. The van der Waals surface area contributed by atoms with E-state index in [1.54, 1.807) is 0 Å². The summed E-state index contributed by atoms with van der Waals surface area (Å²) in [5.74, 6) is -0.628. The van der Waals surface area contributed by atoms with Crippen LogP contribution >= 0.6 is 0 Å². The van der Waals surface area contributed by atoms with Crippen LogP contribution in [0, 0.1) is 0 Å². The van der Waals surface area contributed by atoms with Gasteiger partial charge in [0.05, 0.1) is 18.7 Å². The molecule has 0 saturated carbocycles. The lowest BCUT2D eigenvalue weighted by Crippen LogP contribution is -2.22. The fourth-order valence-corrected chi connectivity index (χ4v) is 2.00. The van der Waals surface area contributed by atoms with E-state index in [1.165, 1.54) is 0 Å². The van der Waals surface area contributed by atoms with Crippen LogP contribution in [0.3, 0.4) is 0 Å². The summed E-state index contributed by atoms with van der Waals surface area (Å²) in [6, 6.07) is 10.1. The molecule has 1 aromatic heterocycles. The maximum Gasteiger partial charge on any atom is 0.193 e. The van der Waals surface area contributed by atoms with Gasteiger partial charge in [0.25, 0.3) is 0 Å². The van der Waals surface area contributed by atoms with Crippen LogP contribution in [0.1, 0.15) is 12.5 Å². The highest BCUT2D eigenvalue weighted by Gasteiger charge is 2.33. The predicted octanol–water partition coefficient (Wildman–Crippen LogP) is 2.45. The highest BCUT2D eigenvalue weighted by Crippen LogP contribution is 2.31. The standard InChI is InChI=1S/C13H13NO2/c1-13(15-6-7-16-13)11-8-10-4-2-3-5-12(10)14-9-11/h2-5,8-9H,6-7H2,1H3. The van der Waals surface area contributed by atoms with Crippen molar-refractivity contribution in [3.63, 3.8) is 0 Å². The quantitative estimate of drug-likeness (QED) is 0.732. The van der Waals surface area contributed by atoms with E-state index in [9.17, 15) is 0 Å². The Kier molecular flexibility index (Phi) is 2.16. The van der Waals surface area contributed by atoms with Crippen LogP contribution in [0.5, 0.6) is 0 Å². The van der Waals surface area contributed by atoms with Crippen molar-refractivity contribution in [3.8, 4) is 0 Å². The molecule has 3 heteroatoms. The van der Waals surface area contributed by atoms with Crippen LogP contribution in [0.4, 0.5) is 0 Å². The molecule has 0 unspecified atom stereocenters. The van der Waals surface area contributed by atoms with Crippen molar-refractivity contribution in [1.82, 2.24) is 4.98 Å². The molecule has 3 rings (SSSR count). The number of fused-ring (bicyclic) bond motifs is 1. The van der Waals surface area contributed by atoms with Gasteiger partial charge in [-0.3, -0.25) is 4.98 Å². The van der Waals surface area contributed by atoms with Crippen LogP contribution in [0.15, 0.2) is 36.5 Å². The Labute approximate surface area is 94.0 Å². The first-order chi connectivity index (χ1) is 7.78. The number of hydrogen-bond acceptors (Lipinski definition) is 3. The second-order valence-electron chi connectivity index (χ2n) is 4.06. The third-order valence-corrected chi connectivity index (χ3v) is 2.95. The van der Waals surface area contributed by atoms with Crippen LogP contribution < -0.4 is 0 Å². The Balaban J connectivity index is 2.11. The number of pyridine rings is 1. The average molecular weight is 215 g/mol. The number of para-hydroxylation sites is 1. The molecule has 0 radical (unpaired) electrons. The first-order valence-electron chi connectivity index (χ1n) is 5.41. The van der Waals surface area contributed by atoms with Crippen LogP contribution in [-0.2, 0) is 15.3 Å². The molecule has 3 nitrogen and oxygen atoms in total. The van der Waals surface area contributed by atoms with Gasteiger partial charge < -0.3 is 9.47 Å². The van der Waals surface area contributed by atoms with Crippen molar-refractivity contribution in [2.24, 2.45) is 0 Å². The third-order valence-electron chi connectivity index (χ3n) is 2.95. The first-order valence-corrected chi connectivity index (χ1v) is 5.41. The van der Waals surface area contributed by atoms with Gasteiger partial charge in [0.2, 0.25) is 0 Å². The third kappa shape index (κ3) is 1.49. The van der Waals surface area contributed by atoms with E-state index in [0.29, 0.717) is 13.2 Å². The fourth-order valence-electron chi connectivity index (χ4n) is 2.00. The van der Waals surface area contributed by atoms with Gasteiger partial charge in [0.15, 0.2) is 5.79 Å². The molecular weight excluding hydrogens is 202 g/mol. The average Bonchev–Trinajstić information content (AvgIpc) is 2.77. The van der Waals surface area contributed by atoms with Crippen LogP contribution in [0.25, 0.3) is 10.9 Å². The summed E-state index contributed by atoms with van der Waals surface area (Å²) >= 11 is 0. The maximum atomic E-state index is 5.61. The predicted molar refractivity (Wildman–Crippen MR) is 61.0 cm³/mol. The van der Waals surface area contributed by atoms with Crippen molar-refractivity contribution < 1.29 is 9.47 Å². The number of nitrogens with zero attached hydrogens (tertiary/aromatic N) is 1. The first kappa shape index (κ1) is 9.75. The Morgan fingerprint density at radius 1 is 1.19 bits per heavy atom. The molecular formula is C13H13NO2. The van der Waals surface area contributed by atoms with E-state index in [-0.39, 0.29) is 0 Å². The SMILES string of the molecule is CC1(c2cnc3ccccc3c2)OCCO1. The summed E-state index contributed by atoms with van der Waals surface area (Å²) in [6.45, 7) is 3.22. The molecule has 0 N–H and O–H groups in total. The van der Waals surface area contributed by atoms with Gasteiger partial charge in [-0.05, 0) is 19.1 Å². The molecule has 1 saturated heterocycles. The molecule has 2 heterocycles. The van der Waals surface area contributed by atoms with Gasteiger partial charge in [-0.2, -0.15) is 0 Å². The molecule has 0 bridgehead atoms. The molecule has 16 heavy (non-hydrogen) atoms. The number of rotatable bonds is 1. The zero-order chi connectivity index (χ0) is 11.0. The fraction of sp³-hybridized carbons (Fsp3) is 0.308. The molecule has 1 aliphatic rings. The second-order valence-corrected chi connectivity index (χ2v) is 4.06. The smallest absolute Gasteiger partial charge is 0.193 e. The Bertz CT molecular complexity index is 518. The molecule has 2 aromatic rings. The van der Waals surface area contributed by atoms with Crippen molar-refractivity contribution in [2.45, 2.75) is 12.7 Å². The lowest BCUT2D eigenvalue weighted by molar-refractivity contribution is -0.149. The largest absolute Gasteiger partial charge is 0.344 e. The maximum absolute atomic E-state index is 5.61. The molecule has 82 valence electrons. The Morgan fingerprint density at radius 3 is 2.75 bits per heavy atom. The molecule has 0 aliphatic carbocycles. The normalized spacial score (nSPS) is 19.1. The van der Waals surface area contributed by atoms with Crippen molar-refractivity contribution in [1.29, 1.82) is 0 Å². The molecule has 0 atom stereocenters. The number of hydrogen-bond donors (Lipinski definition) is 0. The van der Waals surface area contributed by atoms with E-state index in [2.05, 4.69) is 11.1 Å². The molecule has 0 amide bonds. The zero-order valence-electron chi connectivity index (χ0n) is 9.14. The van der Waals surface area contributed by atoms with E-state index in [1.807, 2.05) is 37.4 Å². The van der Waals surface area contributed by atoms with Crippen molar-refractivity contribution >= 4 is 10.9 Å². The molecule has 1 fully saturated rings. The number of benzene rings is 1. The summed E-state index contributed by atoms with van der Waals surface area (Å²) in [4.78, 5) is 4.41. The Hall–Kier alpha value is -1.45. The van der Waals surface area contributed by atoms with Crippen LogP contribution in [-0.4, -0.2) is 18.2 Å². The van der Waals surface area contributed by atoms with E-state index < -0.39 is 5.79 Å². The summed E-state index contributed by atoms with van der Waals surface area (Å²) in [5.41, 5.74) is 1.97. The van der Waals surface area contributed by atoms with Gasteiger partial charge in [-0.15, -0.1) is 0 Å². The minimum Gasteiger partial charge on any atom is -0.344 e. The number of ether oxygens (including phenoxy) is 2. The highest BCUT2D eigenvalue weighted by molar-refractivity contribution is 5.78. The summed E-state index contributed by atoms with van der Waals surface area (Å²) in [6.07, 6.45) is 1.83. The zero-order valence-corrected chi connectivity index (χ0v) is 9.14. The van der Waals surface area contributed by atoms with Gasteiger partial charge in [0, 0.05) is 17.1 Å². The topological polar surface area (TPSA) is 31.4 Å². The van der Waals surface area contributed by atoms with Gasteiger partial charge in [0.1, 0.15) is 0 Å². The molecule has 1 aromatic carbocycles. The summed E-state index contributed by atoms with van der Waals surface area (Å²) in [7, 11) is 0. The van der Waals surface area contributed by atoms with Gasteiger partial charge in [-0.1, -0.05) is 18.2 Å². The summed E-state index contributed by atoms with van der Waals surface area (Å²) < 4.78 is 11.2. The lowest BCUT2D eigenvalue weighted by atomic mass is 10.1. The minimum atomic E-state index is -0.628. The van der Waals surface area contributed by atoms with E-state index in [0.717, 1.165) is 16.5 Å². The van der Waals surface area contributed by atoms with Crippen molar-refractivity contribution in [2.75, 3.05) is 13.2 Å². The van der Waals surface area contributed by atoms with Crippen molar-refractivity contribution in [3.05, 3.63) is 42.1 Å². The van der Waals surface area contributed by atoms with Crippen LogP contribution in [0.2, 0.25) is 0 Å². The van der Waals surface area contributed by atoms with E-state index in [4.69, 9.17) is 9.47 Å². The van der Waals surface area contributed by atoms with Gasteiger partial charge in [-0.25, -0.2) is 0 Å². The summed E-state index contributed by atoms with van der Waals surface area (Å²) in [5, 5.41) is 1.11. The van der Waals surface area contributed by atoms with Gasteiger partial charge >= 0.3 is 0 Å². The van der Waals surface area contributed by atoms with E-state index >= 15 is 0 Å². The highest BCUT2D eigenvalue weighted by atomic mass is 16.7. The monoisotopic (exact) mass is 215 g/mol. The molecule has 1 aliphatic heterocycles. The minimum absolute atomic E-state index is 0.628. The second kappa shape index (κ2) is 3.54. The lowest BCUT2D eigenvalue weighted by Gasteiger charge is -2.22.